The maximum Gasteiger partial charge on any atom is 0.255 e. The van der Waals surface area contributed by atoms with Crippen molar-refractivity contribution in [3.63, 3.8) is 0 Å². The Balaban J connectivity index is 2.28. The lowest BCUT2D eigenvalue weighted by atomic mass is 10.0. The van der Waals surface area contributed by atoms with Crippen LogP contribution in [0.5, 0.6) is 0 Å². The maximum absolute atomic E-state index is 12.3. The van der Waals surface area contributed by atoms with Crippen LogP contribution in [0.25, 0.3) is 0 Å². The fourth-order valence-corrected chi connectivity index (χ4v) is 2.12. The van der Waals surface area contributed by atoms with Gasteiger partial charge in [0.1, 0.15) is 0 Å². The van der Waals surface area contributed by atoms with Gasteiger partial charge in [-0.2, -0.15) is 0 Å². The van der Waals surface area contributed by atoms with Gasteiger partial charge in [-0.25, -0.2) is 0 Å². The first kappa shape index (κ1) is 13.3. The predicted octanol–water partition coefficient (Wildman–Crippen LogP) is 4.12. The second-order valence-corrected chi connectivity index (χ2v) is 4.78. The third-order valence-electron chi connectivity index (χ3n) is 3.28. The van der Waals surface area contributed by atoms with Crippen LogP contribution in [-0.2, 0) is 6.42 Å². The molecule has 0 aliphatic carbocycles. The van der Waals surface area contributed by atoms with Gasteiger partial charge < -0.3 is 5.32 Å². The van der Waals surface area contributed by atoms with Gasteiger partial charge in [0.25, 0.3) is 5.91 Å². The zero-order valence-electron chi connectivity index (χ0n) is 11.7. The average Bonchev–Trinajstić information content (AvgIpc) is 2.42. The second-order valence-electron chi connectivity index (χ2n) is 4.78. The highest BCUT2D eigenvalue weighted by atomic mass is 16.1. The molecule has 0 aliphatic rings. The van der Waals surface area contributed by atoms with Crippen LogP contribution in [-0.4, -0.2) is 5.91 Å². The molecular weight excluding hydrogens is 234 g/mol. The molecule has 0 spiro atoms. The molecule has 2 aromatic carbocycles. The third-order valence-corrected chi connectivity index (χ3v) is 3.28. The smallest absolute Gasteiger partial charge is 0.255 e. The Labute approximate surface area is 114 Å². The van der Waals surface area contributed by atoms with E-state index in [2.05, 4.69) is 12.2 Å². The Kier molecular flexibility index (Phi) is 4.00. The van der Waals surface area contributed by atoms with Gasteiger partial charge in [-0.05, 0) is 43.5 Å². The van der Waals surface area contributed by atoms with Gasteiger partial charge in [0.2, 0.25) is 0 Å². The van der Waals surface area contributed by atoms with Gasteiger partial charge in [-0.15, -0.1) is 0 Å². The number of carbonyl (C=O) groups is 1. The van der Waals surface area contributed by atoms with E-state index in [1.54, 1.807) is 0 Å². The van der Waals surface area contributed by atoms with Crippen LogP contribution < -0.4 is 5.32 Å². The molecule has 0 heterocycles. The average molecular weight is 253 g/mol. The molecular formula is C17H19NO. The van der Waals surface area contributed by atoms with Crippen molar-refractivity contribution in [2.45, 2.75) is 27.2 Å². The molecule has 0 radical (unpaired) electrons. The van der Waals surface area contributed by atoms with Crippen LogP contribution in [0.3, 0.4) is 0 Å². The van der Waals surface area contributed by atoms with Gasteiger partial charge in [-0.3, -0.25) is 4.79 Å². The molecule has 0 aromatic heterocycles. The molecule has 2 rings (SSSR count). The van der Waals surface area contributed by atoms with Crippen molar-refractivity contribution in [2.75, 3.05) is 5.32 Å². The summed E-state index contributed by atoms with van der Waals surface area (Å²) in [4.78, 5) is 12.3. The zero-order valence-corrected chi connectivity index (χ0v) is 11.7. The number of anilines is 1. The van der Waals surface area contributed by atoms with E-state index in [9.17, 15) is 4.79 Å². The predicted molar refractivity (Wildman–Crippen MR) is 79.7 cm³/mol. The lowest BCUT2D eigenvalue weighted by Crippen LogP contribution is -2.14. The first-order valence-electron chi connectivity index (χ1n) is 6.58. The van der Waals surface area contributed by atoms with Gasteiger partial charge in [0, 0.05) is 11.3 Å². The molecule has 0 saturated heterocycles. The highest BCUT2D eigenvalue weighted by Crippen LogP contribution is 2.18. The number of hydrogen-bond donors (Lipinski definition) is 1. The zero-order chi connectivity index (χ0) is 13.8. The molecule has 19 heavy (non-hydrogen) atoms. The summed E-state index contributed by atoms with van der Waals surface area (Å²) in [6.07, 6.45) is 0.906. The van der Waals surface area contributed by atoms with Crippen LogP contribution >= 0.6 is 0 Å². The SMILES string of the molecule is CCc1ccccc1NC(=O)c1cc(C)ccc1C. The summed E-state index contributed by atoms with van der Waals surface area (Å²) >= 11 is 0. The number of aryl methyl sites for hydroxylation is 3. The summed E-state index contributed by atoms with van der Waals surface area (Å²) in [5.41, 5.74) is 4.89. The molecule has 0 fully saturated rings. The van der Waals surface area contributed by atoms with Crippen LogP contribution in [0.4, 0.5) is 5.69 Å². The van der Waals surface area contributed by atoms with Crippen molar-refractivity contribution in [1.29, 1.82) is 0 Å². The number of rotatable bonds is 3. The molecule has 2 nitrogen and oxygen atoms in total. The molecule has 2 aromatic rings. The minimum absolute atomic E-state index is 0.0397. The van der Waals surface area contributed by atoms with E-state index in [1.165, 1.54) is 0 Å². The highest BCUT2D eigenvalue weighted by molar-refractivity contribution is 6.05. The number of hydrogen-bond acceptors (Lipinski definition) is 1. The van der Waals surface area contributed by atoms with Crippen LogP contribution in [0.15, 0.2) is 42.5 Å². The topological polar surface area (TPSA) is 29.1 Å². The minimum atomic E-state index is -0.0397. The van der Waals surface area contributed by atoms with E-state index in [4.69, 9.17) is 0 Å². The summed E-state index contributed by atoms with van der Waals surface area (Å²) in [6.45, 7) is 6.04. The standard InChI is InChI=1S/C17H19NO/c1-4-14-7-5-6-8-16(14)18-17(19)15-11-12(2)9-10-13(15)3/h5-11H,4H2,1-3H3,(H,18,19). The molecule has 1 amide bonds. The van der Waals surface area contributed by atoms with E-state index in [0.717, 1.165) is 34.4 Å². The third kappa shape index (κ3) is 3.02. The van der Waals surface area contributed by atoms with E-state index in [-0.39, 0.29) is 5.91 Å². The largest absolute Gasteiger partial charge is 0.322 e. The number of benzene rings is 2. The molecule has 0 saturated carbocycles. The minimum Gasteiger partial charge on any atom is -0.322 e. The lowest BCUT2D eigenvalue weighted by Gasteiger charge is -2.11. The summed E-state index contributed by atoms with van der Waals surface area (Å²) < 4.78 is 0. The lowest BCUT2D eigenvalue weighted by molar-refractivity contribution is 0.102. The molecule has 0 unspecified atom stereocenters. The molecule has 1 N–H and O–H groups in total. The summed E-state index contributed by atoms with van der Waals surface area (Å²) in [5, 5.41) is 3.01. The van der Waals surface area contributed by atoms with E-state index in [0.29, 0.717) is 0 Å². The molecule has 0 bridgehead atoms. The van der Waals surface area contributed by atoms with Crippen LogP contribution in [0, 0.1) is 13.8 Å². The Bertz CT molecular complexity index is 602. The molecule has 0 atom stereocenters. The normalized spacial score (nSPS) is 10.3. The maximum atomic E-state index is 12.3. The molecule has 2 heteroatoms. The van der Waals surface area contributed by atoms with Crippen molar-refractivity contribution in [3.05, 3.63) is 64.7 Å². The quantitative estimate of drug-likeness (QED) is 0.876. The number of nitrogens with one attached hydrogen (secondary N) is 1. The molecule has 98 valence electrons. The van der Waals surface area contributed by atoms with Gasteiger partial charge in [-0.1, -0.05) is 42.8 Å². The Morgan fingerprint density at radius 2 is 1.84 bits per heavy atom. The number of para-hydroxylation sites is 1. The second kappa shape index (κ2) is 5.70. The number of carbonyl (C=O) groups excluding carboxylic acids is 1. The first-order chi connectivity index (χ1) is 9.11. The summed E-state index contributed by atoms with van der Waals surface area (Å²) in [5.74, 6) is -0.0397. The van der Waals surface area contributed by atoms with Crippen molar-refractivity contribution >= 4 is 11.6 Å². The van der Waals surface area contributed by atoms with E-state index in [1.807, 2.05) is 56.3 Å². The number of amides is 1. The van der Waals surface area contributed by atoms with E-state index < -0.39 is 0 Å². The molecule has 0 aliphatic heterocycles. The Hall–Kier alpha value is -2.09. The van der Waals surface area contributed by atoms with Crippen LogP contribution in [0.2, 0.25) is 0 Å². The van der Waals surface area contributed by atoms with E-state index >= 15 is 0 Å². The monoisotopic (exact) mass is 253 g/mol. The van der Waals surface area contributed by atoms with Crippen LogP contribution in [0.1, 0.15) is 34.0 Å². The van der Waals surface area contributed by atoms with Crippen molar-refractivity contribution in [3.8, 4) is 0 Å². The Morgan fingerprint density at radius 1 is 1.11 bits per heavy atom. The Morgan fingerprint density at radius 3 is 2.58 bits per heavy atom. The van der Waals surface area contributed by atoms with Crippen molar-refractivity contribution in [1.82, 2.24) is 0 Å². The van der Waals surface area contributed by atoms with Gasteiger partial charge in [0.15, 0.2) is 0 Å². The fourth-order valence-electron chi connectivity index (χ4n) is 2.12. The summed E-state index contributed by atoms with van der Waals surface area (Å²) in [7, 11) is 0. The summed E-state index contributed by atoms with van der Waals surface area (Å²) in [6, 6.07) is 13.9. The van der Waals surface area contributed by atoms with Gasteiger partial charge in [0.05, 0.1) is 0 Å². The van der Waals surface area contributed by atoms with Gasteiger partial charge >= 0.3 is 0 Å². The van der Waals surface area contributed by atoms with Crippen molar-refractivity contribution < 1.29 is 4.79 Å². The highest BCUT2D eigenvalue weighted by Gasteiger charge is 2.10. The van der Waals surface area contributed by atoms with Crippen molar-refractivity contribution in [2.24, 2.45) is 0 Å². The fraction of sp³-hybridized carbons (Fsp3) is 0.235. The first-order valence-corrected chi connectivity index (χ1v) is 6.58.